The van der Waals surface area contributed by atoms with Crippen molar-refractivity contribution in [2.24, 2.45) is 5.73 Å². The van der Waals surface area contributed by atoms with E-state index in [9.17, 15) is 13.2 Å². The summed E-state index contributed by atoms with van der Waals surface area (Å²) in [6, 6.07) is 13.5. The minimum atomic E-state index is -4.14. The van der Waals surface area contributed by atoms with Gasteiger partial charge >= 0.3 is 5.97 Å². The lowest BCUT2D eigenvalue weighted by molar-refractivity contribution is -0.134. The molecule has 1 saturated heterocycles. The average Bonchev–Trinajstić information content (AvgIpc) is 2.82. The van der Waals surface area contributed by atoms with Crippen molar-refractivity contribution in [2.75, 3.05) is 29.7 Å². The zero-order chi connectivity index (χ0) is 26.3. The molecule has 0 unspecified atom stereocenters. The molecule has 0 atom stereocenters. The van der Waals surface area contributed by atoms with Gasteiger partial charge in [0, 0.05) is 31.5 Å². The maximum absolute atomic E-state index is 12.8. The second kappa shape index (κ2) is 11.7. The van der Waals surface area contributed by atoms with Gasteiger partial charge < -0.3 is 20.5 Å². The molecule has 2 aromatic rings. The molecule has 10 nitrogen and oxygen atoms in total. The first kappa shape index (κ1) is 26.7. The molecule has 0 bridgehead atoms. The quantitative estimate of drug-likeness (QED) is 0.280. The van der Waals surface area contributed by atoms with Crippen molar-refractivity contribution in [3.05, 3.63) is 65.7 Å². The summed E-state index contributed by atoms with van der Waals surface area (Å²) in [6.45, 7) is 3.19. The number of hydrogen-bond donors (Lipinski definition) is 4. The Bertz CT molecular complexity index is 1240. The number of carboxylic acid groups (broad SMARTS) is 1. The highest BCUT2D eigenvalue weighted by Crippen LogP contribution is 2.25. The molecule has 11 heteroatoms. The van der Waals surface area contributed by atoms with E-state index in [1.807, 2.05) is 4.90 Å². The summed E-state index contributed by atoms with van der Waals surface area (Å²) in [5.41, 5.74) is 7.11. The van der Waals surface area contributed by atoms with E-state index in [1.54, 1.807) is 67.6 Å². The molecular weight excluding hydrogens is 482 g/mol. The Morgan fingerprint density at radius 3 is 2.44 bits per heavy atom. The van der Waals surface area contributed by atoms with Crippen molar-refractivity contribution in [3.63, 3.8) is 0 Å². The van der Waals surface area contributed by atoms with E-state index >= 15 is 0 Å². The number of nitrogens with two attached hydrogens (primary N) is 1. The van der Waals surface area contributed by atoms with Crippen LogP contribution in [0.3, 0.4) is 0 Å². The van der Waals surface area contributed by atoms with Crippen molar-refractivity contribution >= 4 is 39.4 Å². The number of hydrogen-bond acceptors (Lipinski definition) is 6. The monoisotopic (exact) mass is 513 g/mol. The topological polar surface area (TPSA) is 161 Å². The number of benzene rings is 2. The molecule has 0 saturated carbocycles. The molecule has 3 rings (SSSR count). The lowest BCUT2D eigenvalue weighted by Gasteiger charge is -2.32. The predicted octanol–water partition coefficient (Wildman–Crippen LogP) is 2.75. The highest BCUT2D eigenvalue weighted by molar-refractivity contribution is 7.93. The van der Waals surface area contributed by atoms with Crippen LogP contribution in [-0.2, 0) is 14.8 Å². The number of sulfonamides is 1. The third kappa shape index (κ3) is 7.32. The number of ether oxygens (including phenoxy) is 1. The Labute approximate surface area is 211 Å². The molecule has 0 amide bonds. The van der Waals surface area contributed by atoms with E-state index < -0.39 is 21.7 Å². The van der Waals surface area contributed by atoms with Gasteiger partial charge in [-0.15, -0.1) is 0 Å². The summed E-state index contributed by atoms with van der Waals surface area (Å²) in [4.78, 5) is 13.2. The molecule has 0 spiro atoms. The molecule has 1 fully saturated rings. The van der Waals surface area contributed by atoms with Crippen molar-refractivity contribution in [1.29, 1.82) is 10.8 Å². The molecule has 0 radical (unpaired) electrons. The van der Waals surface area contributed by atoms with Gasteiger partial charge in [0.25, 0.3) is 0 Å². The highest BCUT2D eigenvalue weighted by atomic mass is 32.2. The van der Waals surface area contributed by atoms with Gasteiger partial charge in [-0.2, -0.15) is 0 Å². The van der Waals surface area contributed by atoms with Crippen molar-refractivity contribution in [3.8, 4) is 5.75 Å². The van der Waals surface area contributed by atoms with E-state index in [2.05, 4.69) is 0 Å². The number of piperidine rings is 1. The van der Waals surface area contributed by atoms with Gasteiger partial charge in [-0.1, -0.05) is 30.4 Å². The number of rotatable bonds is 10. The van der Waals surface area contributed by atoms with Crippen LogP contribution in [0.15, 0.2) is 54.6 Å². The largest absolute Gasteiger partial charge is 0.490 e. The van der Waals surface area contributed by atoms with Crippen LogP contribution in [0.25, 0.3) is 6.08 Å². The van der Waals surface area contributed by atoms with Crippen LogP contribution in [0.1, 0.15) is 30.9 Å². The Morgan fingerprint density at radius 2 is 1.86 bits per heavy atom. The molecule has 0 aliphatic carbocycles. The Kier molecular flexibility index (Phi) is 8.70. The van der Waals surface area contributed by atoms with Crippen LogP contribution in [0.4, 0.5) is 5.69 Å². The number of nitrogen functional groups attached to an aromatic ring is 1. The standard InChI is InChI=1S/C25H31N5O5S/c1-18(26)29-14-11-23(12-15-29)35-22-9-7-21(8-10-22)30(36(33,34)17-24(31)32)13-3-5-19-4-2-6-20(16-19)25(27)28/h2-10,16,23,26H,11-15,17H2,1H3,(H3,27,28)(H,31,32)/b5-3+,26-18?. The Hall–Kier alpha value is -3.86. The summed E-state index contributed by atoms with van der Waals surface area (Å²) in [5, 5.41) is 24.4. The Balaban J connectivity index is 1.74. The van der Waals surface area contributed by atoms with E-state index in [0.717, 1.165) is 35.8 Å². The van der Waals surface area contributed by atoms with Crippen molar-refractivity contribution < 1.29 is 23.1 Å². The average molecular weight is 514 g/mol. The van der Waals surface area contributed by atoms with Gasteiger partial charge in [0.05, 0.1) is 18.1 Å². The van der Waals surface area contributed by atoms with E-state index in [4.69, 9.17) is 26.4 Å². The third-order valence-corrected chi connectivity index (χ3v) is 7.41. The number of aliphatic carboxylic acids is 1. The van der Waals surface area contributed by atoms with Gasteiger partial charge in [-0.05, 0) is 42.8 Å². The summed E-state index contributed by atoms with van der Waals surface area (Å²) in [6.07, 6.45) is 4.88. The second-order valence-electron chi connectivity index (χ2n) is 8.51. The molecule has 192 valence electrons. The second-order valence-corrected chi connectivity index (χ2v) is 10.4. The summed E-state index contributed by atoms with van der Waals surface area (Å²) < 4.78 is 32.7. The molecule has 36 heavy (non-hydrogen) atoms. The van der Waals surface area contributed by atoms with Crippen LogP contribution >= 0.6 is 0 Å². The maximum atomic E-state index is 12.8. The zero-order valence-corrected chi connectivity index (χ0v) is 20.9. The van der Waals surface area contributed by atoms with Crippen molar-refractivity contribution in [2.45, 2.75) is 25.9 Å². The van der Waals surface area contributed by atoms with E-state index in [1.165, 1.54) is 0 Å². The third-order valence-electron chi connectivity index (χ3n) is 5.76. The normalized spacial score (nSPS) is 14.5. The first-order valence-electron chi connectivity index (χ1n) is 11.4. The molecule has 1 heterocycles. The van der Waals surface area contributed by atoms with E-state index in [0.29, 0.717) is 22.8 Å². The fourth-order valence-electron chi connectivity index (χ4n) is 3.90. The van der Waals surface area contributed by atoms with Crippen LogP contribution in [-0.4, -0.2) is 67.6 Å². The van der Waals surface area contributed by atoms with Crippen molar-refractivity contribution in [1.82, 2.24) is 4.90 Å². The summed E-state index contributed by atoms with van der Waals surface area (Å²) in [5.74, 6) is -1.42. The first-order valence-corrected chi connectivity index (χ1v) is 13.1. The number of likely N-dealkylation sites (tertiary alicyclic amines) is 1. The van der Waals surface area contributed by atoms with Gasteiger partial charge in [0.2, 0.25) is 10.0 Å². The van der Waals surface area contributed by atoms with Crippen LogP contribution in [0.2, 0.25) is 0 Å². The highest BCUT2D eigenvalue weighted by Gasteiger charge is 2.25. The zero-order valence-electron chi connectivity index (χ0n) is 20.1. The molecule has 1 aliphatic heterocycles. The molecule has 0 aromatic heterocycles. The van der Waals surface area contributed by atoms with Gasteiger partial charge in [0.15, 0.2) is 5.75 Å². The van der Waals surface area contributed by atoms with Crippen LogP contribution in [0, 0.1) is 10.8 Å². The minimum Gasteiger partial charge on any atom is -0.490 e. The predicted molar refractivity (Wildman–Crippen MR) is 140 cm³/mol. The van der Waals surface area contributed by atoms with Crippen LogP contribution < -0.4 is 14.8 Å². The molecule has 1 aliphatic rings. The number of carboxylic acids is 1. The summed E-state index contributed by atoms with van der Waals surface area (Å²) >= 11 is 0. The van der Waals surface area contributed by atoms with Crippen LogP contribution in [0.5, 0.6) is 5.75 Å². The van der Waals surface area contributed by atoms with E-state index in [-0.39, 0.29) is 18.5 Å². The maximum Gasteiger partial charge on any atom is 0.320 e. The number of amidine groups is 2. The lowest BCUT2D eigenvalue weighted by atomic mass is 10.1. The SMILES string of the molecule is CC(=N)N1CCC(Oc2ccc(N(C/C=C/c3cccc(C(=N)N)c3)S(=O)(=O)CC(=O)O)cc2)CC1. The fourth-order valence-corrected chi connectivity index (χ4v) is 5.12. The van der Waals surface area contributed by atoms with Gasteiger partial charge in [0.1, 0.15) is 17.7 Å². The first-order chi connectivity index (χ1) is 17.0. The summed E-state index contributed by atoms with van der Waals surface area (Å²) in [7, 11) is -4.14. The van der Waals surface area contributed by atoms with Gasteiger partial charge in [-0.3, -0.25) is 19.9 Å². The fraction of sp³-hybridized carbons (Fsp3) is 0.320. The number of carbonyl (C=O) groups is 1. The number of anilines is 1. The minimum absolute atomic E-state index is 0.00648. The van der Waals surface area contributed by atoms with Gasteiger partial charge in [-0.25, -0.2) is 8.42 Å². The number of nitrogens with one attached hydrogen (secondary N) is 2. The molecule has 2 aromatic carbocycles. The molecule has 5 N–H and O–H groups in total. The number of nitrogens with zero attached hydrogens (tertiary/aromatic N) is 2. The lowest BCUT2D eigenvalue weighted by Crippen LogP contribution is -2.40. The Morgan fingerprint density at radius 1 is 1.19 bits per heavy atom. The molecular formula is C25H31N5O5S. The smallest absolute Gasteiger partial charge is 0.320 e.